The summed E-state index contributed by atoms with van der Waals surface area (Å²) in [6, 6.07) is 1.76. The van der Waals surface area contributed by atoms with E-state index in [2.05, 4.69) is 52.8 Å². The molecule has 1 unspecified atom stereocenters. The summed E-state index contributed by atoms with van der Waals surface area (Å²) in [5.74, 6) is -9.44. The molecule has 0 aliphatic carbocycles. The second-order valence-corrected chi connectivity index (χ2v) is 20.3. The highest BCUT2D eigenvalue weighted by Crippen LogP contribution is 2.19. The van der Waals surface area contributed by atoms with E-state index in [0.29, 0.717) is 24.9 Å². The highest BCUT2D eigenvalue weighted by molar-refractivity contribution is 8.76. The van der Waals surface area contributed by atoms with Crippen LogP contribution in [0.5, 0.6) is 0 Å². The number of thioether (sulfide) groups is 1. The number of Topliss-reactive ketones (excluding diaryl/α,β-unsaturated/α-hetero) is 1. The first kappa shape index (κ1) is 58.5. The summed E-state index contributed by atoms with van der Waals surface area (Å²) >= 11 is 0.761. The third-order valence-electron chi connectivity index (χ3n) is 9.63. The van der Waals surface area contributed by atoms with E-state index >= 15 is 0 Å². The number of carboxylic acid groups (broad SMARTS) is 1. The van der Waals surface area contributed by atoms with E-state index in [9.17, 15) is 53.1 Å². The van der Waals surface area contributed by atoms with Crippen LogP contribution in [0.15, 0.2) is 35.3 Å². The van der Waals surface area contributed by atoms with Gasteiger partial charge < -0.3 is 64.4 Å². The molecule has 68 heavy (non-hydrogen) atoms. The van der Waals surface area contributed by atoms with Crippen molar-refractivity contribution in [3.8, 4) is 0 Å². The number of nitrogens with one attached hydrogen (secondary N) is 9. The van der Waals surface area contributed by atoms with E-state index < -0.39 is 120 Å². The lowest BCUT2D eigenvalue weighted by atomic mass is 10.1. The van der Waals surface area contributed by atoms with Gasteiger partial charge in [-0.2, -0.15) is 0 Å². The molecule has 1 aliphatic heterocycles. The number of ketones is 1. The largest absolute Gasteiger partial charge is 0.481 e. The van der Waals surface area contributed by atoms with Crippen LogP contribution in [0.2, 0.25) is 0 Å². The van der Waals surface area contributed by atoms with Crippen molar-refractivity contribution in [1.82, 2.24) is 47.9 Å². The van der Waals surface area contributed by atoms with E-state index in [1.807, 2.05) is 20.8 Å². The number of aliphatic carboxylic acids is 1. The molecule has 23 nitrogen and oxygen atoms in total. The highest BCUT2D eigenvalue weighted by Gasteiger charge is 2.32. The molecule has 6 atom stereocenters. The quantitative estimate of drug-likeness (QED) is 0.0340. The first-order chi connectivity index (χ1) is 32.1. The maximum Gasteiger partial charge on any atom is 0.305 e. The first-order valence-electron chi connectivity index (χ1n) is 21.8. The Morgan fingerprint density at radius 2 is 1.28 bits per heavy atom. The maximum atomic E-state index is 14.0. The normalized spacial score (nSPS) is 22.4. The number of carbonyl (C=O) groups excluding carboxylic acids is 9. The molecule has 378 valence electrons. The van der Waals surface area contributed by atoms with Crippen LogP contribution >= 0.6 is 33.3 Å². The fourth-order valence-corrected chi connectivity index (χ4v) is 8.40. The Morgan fingerprint density at radius 1 is 0.735 bits per heavy atom. The predicted molar refractivity (Wildman–Crippen MR) is 261 cm³/mol. The smallest absolute Gasteiger partial charge is 0.305 e. The molecule has 1 aromatic carbocycles. The van der Waals surface area contributed by atoms with Crippen LogP contribution in [0.3, 0.4) is 0 Å². The van der Waals surface area contributed by atoms with Crippen LogP contribution in [0, 0.1) is 0 Å². The number of amides is 8. The predicted octanol–water partition coefficient (Wildman–Crippen LogP) is -2.24. The number of carboxylic acids is 1. The second kappa shape index (κ2) is 30.7. The number of carbonyl (C=O) groups is 10. The van der Waals surface area contributed by atoms with Gasteiger partial charge in [0.2, 0.25) is 47.3 Å². The lowest BCUT2D eigenvalue weighted by Gasteiger charge is -2.26. The van der Waals surface area contributed by atoms with Gasteiger partial charge in [-0.05, 0) is 78.2 Å². The van der Waals surface area contributed by atoms with Gasteiger partial charge in [-0.15, -0.1) is 11.8 Å². The first-order valence-corrected chi connectivity index (χ1v) is 25.5. The molecule has 1 aromatic rings. The number of aliphatic imine (C=N–C) groups is 1. The molecule has 2 rings (SSSR count). The number of unbranched alkanes of at least 4 members (excludes halogenated alkanes) is 1. The van der Waals surface area contributed by atoms with Crippen molar-refractivity contribution in [3.05, 3.63) is 35.9 Å². The van der Waals surface area contributed by atoms with E-state index in [0.717, 1.165) is 11.8 Å². The van der Waals surface area contributed by atoms with Gasteiger partial charge in [-0.25, -0.2) is 0 Å². The van der Waals surface area contributed by atoms with Crippen LogP contribution in [0.4, 0.5) is 0 Å². The Morgan fingerprint density at radius 3 is 1.87 bits per heavy atom. The van der Waals surface area contributed by atoms with Gasteiger partial charge in [-0.3, -0.25) is 52.9 Å². The van der Waals surface area contributed by atoms with Gasteiger partial charge in [0.05, 0.1) is 25.3 Å². The number of hydrogen-bond donors (Lipinski definition) is 12. The van der Waals surface area contributed by atoms with Crippen LogP contribution < -0.4 is 59.3 Å². The van der Waals surface area contributed by atoms with Crippen molar-refractivity contribution in [1.29, 1.82) is 0 Å². The van der Waals surface area contributed by atoms with Crippen LogP contribution in [0.1, 0.15) is 71.8 Å². The number of rotatable bonds is 17. The zero-order chi connectivity index (χ0) is 50.8. The summed E-state index contributed by atoms with van der Waals surface area (Å²) in [6.07, 6.45) is 2.13. The molecule has 26 heteroatoms. The van der Waals surface area contributed by atoms with Gasteiger partial charge in [0, 0.05) is 24.3 Å². The Hall–Kier alpha value is -5.60. The molecule has 14 N–H and O–H groups in total. The third kappa shape index (κ3) is 24.4. The lowest BCUT2D eigenvalue weighted by molar-refractivity contribution is -0.141. The molecule has 1 fully saturated rings. The van der Waals surface area contributed by atoms with Crippen molar-refractivity contribution >= 4 is 98.3 Å². The van der Waals surface area contributed by atoms with E-state index in [4.69, 9.17) is 11.5 Å². The Kier molecular flexibility index (Phi) is 26.4. The fourth-order valence-electron chi connectivity index (χ4n) is 6.24. The zero-order valence-corrected chi connectivity index (χ0v) is 41.3. The van der Waals surface area contributed by atoms with Gasteiger partial charge >= 0.3 is 5.97 Å². The Bertz CT molecular complexity index is 1940. The molecule has 1 heterocycles. The fraction of sp³-hybridized carbons (Fsp3) is 0.595. The molecule has 0 radical (unpaired) electrons. The molecule has 0 aromatic heterocycles. The van der Waals surface area contributed by atoms with Crippen molar-refractivity contribution in [3.63, 3.8) is 0 Å². The number of benzene rings is 1. The van der Waals surface area contributed by atoms with Crippen LogP contribution in [-0.2, 0) is 54.4 Å². The number of nitrogens with two attached hydrogens (primary N) is 2. The molecule has 0 saturated carbocycles. The van der Waals surface area contributed by atoms with E-state index in [-0.39, 0.29) is 49.5 Å². The maximum absolute atomic E-state index is 14.0. The summed E-state index contributed by atoms with van der Waals surface area (Å²) in [5.41, 5.74) is 11.3. The summed E-state index contributed by atoms with van der Waals surface area (Å²) < 4.78 is 0. The molecular weight excluding hydrogens is 945 g/mol. The van der Waals surface area contributed by atoms with Crippen molar-refractivity contribution in [2.24, 2.45) is 16.5 Å². The average molecular weight is 1010 g/mol. The van der Waals surface area contributed by atoms with Gasteiger partial charge in [0.15, 0.2) is 11.7 Å². The standard InChI is InChI=1S/C42H66N12O11S3/c1-24(55)40-54-38(64)28(18-25-12-7-6-8-13-25)50-31(56)21-47-36(62)29(19-34(59)60)51-32(57)20-46-35(61)26(15-11-16-45-41(43)44)52-39(65)30(22-68-66-5)53-37(63)27(49-33(58)23-67-40)14-9-10-17-48-42(2,3)4/h6-8,12-13,26-30,40,48H,9-11,14-23H2,1-5H3,(H,46,61)(H,47,62)(H,49,58)(H,50,56)(H,51,57)(H,52,65)(H,53,63)(H,54,64)(H,59,60)(H4,43,44,45)/t26-,27-,28-,29-,30-,40?/m0/s1. The Labute approximate surface area is 407 Å². The average Bonchev–Trinajstić information content (AvgIpc) is 3.26. The highest BCUT2D eigenvalue weighted by atomic mass is 33.1. The summed E-state index contributed by atoms with van der Waals surface area (Å²) in [4.78, 5) is 137. The molecule has 0 bridgehead atoms. The van der Waals surface area contributed by atoms with Crippen molar-refractivity contribution in [2.45, 2.75) is 114 Å². The summed E-state index contributed by atoms with van der Waals surface area (Å²) in [6.45, 7) is 6.32. The van der Waals surface area contributed by atoms with Crippen LogP contribution in [0.25, 0.3) is 0 Å². The topological polar surface area (TPSA) is 364 Å². The monoisotopic (exact) mass is 1010 g/mol. The molecule has 0 spiro atoms. The van der Waals surface area contributed by atoms with E-state index in [1.54, 1.807) is 36.6 Å². The molecular formula is C42H66N12O11S3. The lowest BCUT2D eigenvalue weighted by Crippen LogP contribution is -2.58. The number of nitrogens with zero attached hydrogens (tertiary/aromatic N) is 1. The third-order valence-corrected chi connectivity index (χ3v) is 12.7. The SMILES string of the molecule is CSSC[C@@H]1NC(=O)[C@H](CCCCNC(C)(C)C)NC(=O)CSC(C(C)=O)NC(=O)[C@H](Cc2ccccc2)NC(=O)CNC(=O)[C@H](CC(=O)O)NC(=O)CNC(=O)[C@H](CCCN=C(N)N)NC1=O. The summed E-state index contributed by atoms with van der Waals surface area (Å²) in [5, 5.41) is 31.5. The summed E-state index contributed by atoms with van der Waals surface area (Å²) in [7, 11) is 2.54. The van der Waals surface area contributed by atoms with Gasteiger partial charge in [0.25, 0.3) is 0 Å². The zero-order valence-electron chi connectivity index (χ0n) is 38.9. The minimum absolute atomic E-state index is 0.0221. The van der Waals surface area contributed by atoms with Crippen LogP contribution in [-0.4, -0.2) is 155 Å². The van der Waals surface area contributed by atoms with Gasteiger partial charge in [-0.1, -0.05) is 51.9 Å². The molecule has 1 aliphatic rings. The number of hydrogen-bond acceptors (Lipinski definition) is 15. The second-order valence-electron chi connectivity index (χ2n) is 16.6. The molecule has 1 saturated heterocycles. The number of guanidine groups is 1. The van der Waals surface area contributed by atoms with E-state index in [1.165, 1.54) is 28.5 Å². The minimum Gasteiger partial charge on any atom is -0.481 e. The van der Waals surface area contributed by atoms with Gasteiger partial charge in [0.1, 0.15) is 35.6 Å². The Balaban J connectivity index is 2.57. The minimum atomic E-state index is -1.73. The van der Waals surface area contributed by atoms with Crippen molar-refractivity contribution < 1.29 is 53.1 Å². The van der Waals surface area contributed by atoms with Crippen molar-refractivity contribution in [2.75, 3.05) is 43.9 Å². The molecule has 8 amide bonds.